The lowest BCUT2D eigenvalue weighted by Gasteiger charge is -2.22. The van der Waals surface area contributed by atoms with E-state index in [0.29, 0.717) is 12.0 Å². The molecule has 0 spiro atoms. The van der Waals surface area contributed by atoms with Crippen LogP contribution in [0.1, 0.15) is 19.3 Å². The van der Waals surface area contributed by atoms with Crippen LogP contribution < -0.4 is 0 Å². The van der Waals surface area contributed by atoms with Gasteiger partial charge in [0.25, 0.3) is 9.82 Å². The summed E-state index contributed by atoms with van der Waals surface area (Å²) in [5.41, 5.74) is 0.484. The van der Waals surface area contributed by atoms with Crippen LogP contribution in [-0.2, 0) is 9.59 Å². The van der Waals surface area contributed by atoms with E-state index in [4.69, 9.17) is 34.8 Å². The van der Waals surface area contributed by atoms with Crippen molar-refractivity contribution in [1.29, 1.82) is 0 Å². The largest absolute Gasteiger partial charge is 0.277 e. The third-order valence-electron chi connectivity index (χ3n) is 2.66. The van der Waals surface area contributed by atoms with Crippen molar-refractivity contribution in [2.75, 3.05) is 0 Å². The molecule has 1 fully saturated rings. The Labute approximate surface area is 102 Å². The van der Waals surface area contributed by atoms with Crippen molar-refractivity contribution in [1.82, 2.24) is 4.90 Å². The Morgan fingerprint density at radius 1 is 1.33 bits per heavy atom. The molecule has 15 heavy (non-hydrogen) atoms. The second-order valence-corrected chi connectivity index (χ2v) is 5.81. The highest BCUT2D eigenvalue weighted by Crippen LogP contribution is 2.42. The van der Waals surface area contributed by atoms with E-state index in [1.807, 2.05) is 0 Å². The molecule has 2 rings (SSSR count). The van der Waals surface area contributed by atoms with E-state index < -0.39 is 21.6 Å². The predicted octanol–water partition coefficient (Wildman–Crippen LogP) is 2.41. The number of carbonyl (C=O) groups excluding carboxylic acids is 2. The van der Waals surface area contributed by atoms with Gasteiger partial charge < -0.3 is 0 Å². The Morgan fingerprint density at radius 3 is 2.53 bits per heavy atom. The Hall–Kier alpha value is -0.250. The summed E-state index contributed by atoms with van der Waals surface area (Å²) >= 11 is 16.7. The number of alkyl halides is 3. The maximum absolute atomic E-state index is 11.8. The number of hydrogen-bond acceptors (Lipinski definition) is 2. The number of nitrogens with zero attached hydrogens (tertiary/aromatic N) is 1. The van der Waals surface area contributed by atoms with Gasteiger partial charge in [-0.05, 0) is 19.3 Å². The van der Waals surface area contributed by atoms with E-state index in [9.17, 15) is 9.59 Å². The van der Waals surface area contributed by atoms with Gasteiger partial charge in [-0.3, -0.25) is 9.59 Å². The van der Waals surface area contributed by atoms with Crippen molar-refractivity contribution in [3.05, 3.63) is 11.6 Å². The first kappa shape index (κ1) is 11.2. The maximum atomic E-state index is 11.8. The Balaban J connectivity index is 2.39. The molecular formula is C9H8Cl3NO2. The van der Waals surface area contributed by atoms with Crippen molar-refractivity contribution >= 4 is 46.6 Å². The van der Waals surface area contributed by atoms with Gasteiger partial charge in [0.2, 0.25) is 5.91 Å². The Bertz CT molecular complexity index is 359. The van der Waals surface area contributed by atoms with Crippen LogP contribution in [0.25, 0.3) is 0 Å². The first-order valence-corrected chi connectivity index (χ1v) is 5.71. The lowest BCUT2D eigenvalue weighted by atomic mass is 9.90. The van der Waals surface area contributed by atoms with E-state index in [2.05, 4.69) is 0 Å². The van der Waals surface area contributed by atoms with Crippen molar-refractivity contribution in [2.45, 2.75) is 23.2 Å². The normalized spacial score (nSPS) is 26.7. The van der Waals surface area contributed by atoms with Crippen LogP contribution in [0.3, 0.4) is 0 Å². The molecule has 6 heteroatoms. The minimum absolute atomic E-state index is 0.397. The topological polar surface area (TPSA) is 37.4 Å². The number of hydrogen-bond donors (Lipinski definition) is 0. The molecule has 1 heterocycles. The summed E-state index contributed by atoms with van der Waals surface area (Å²) in [6.07, 6.45) is 4.12. The van der Waals surface area contributed by atoms with Gasteiger partial charge in [0, 0.05) is 5.57 Å². The van der Waals surface area contributed by atoms with E-state index in [1.54, 1.807) is 6.08 Å². The molecule has 0 aromatic carbocycles. The molecule has 0 N–H and O–H groups in total. The van der Waals surface area contributed by atoms with E-state index >= 15 is 0 Å². The van der Waals surface area contributed by atoms with Crippen molar-refractivity contribution in [3.8, 4) is 0 Å². The van der Waals surface area contributed by atoms with Crippen LogP contribution >= 0.6 is 34.8 Å². The predicted molar refractivity (Wildman–Crippen MR) is 57.6 cm³/mol. The summed E-state index contributed by atoms with van der Waals surface area (Å²) in [5.74, 6) is -1.27. The minimum atomic E-state index is -1.98. The second kappa shape index (κ2) is 3.65. The number of likely N-dealkylation sites (tertiary alicyclic amines) is 1. The fourth-order valence-corrected chi connectivity index (χ4v) is 2.48. The van der Waals surface area contributed by atoms with E-state index in [1.165, 1.54) is 0 Å². The van der Waals surface area contributed by atoms with Crippen molar-refractivity contribution < 1.29 is 9.59 Å². The van der Waals surface area contributed by atoms with Gasteiger partial charge in [-0.25, -0.2) is 4.90 Å². The molecule has 0 aromatic heterocycles. The Kier molecular flexibility index (Phi) is 2.73. The summed E-state index contributed by atoms with van der Waals surface area (Å²) in [6.45, 7) is 0. The molecule has 2 amide bonds. The molecule has 0 saturated carbocycles. The number of carbonyl (C=O) groups is 2. The highest BCUT2D eigenvalue weighted by atomic mass is 35.6. The summed E-state index contributed by atoms with van der Waals surface area (Å²) in [7, 11) is 0. The molecule has 1 atom stereocenters. The van der Waals surface area contributed by atoms with Crippen molar-refractivity contribution in [3.63, 3.8) is 0 Å². The van der Waals surface area contributed by atoms with Gasteiger partial charge in [-0.1, -0.05) is 40.9 Å². The number of allylic oxidation sites excluding steroid dienone is 1. The second-order valence-electron chi connectivity index (χ2n) is 3.59. The first-order valence-electron chi connectivity index (χ1n) is 4.58. The van der Waals surface area contributed by atoms with Crippen LogP contribution in [0, 0.1) is 5.92 Å². The van der Waals surface area contributed by atoms with Gasteiger partial charge in [-0.15, -0.1) is 0 Å². The summed E-state index contributed by atoms with van der Waals surface area (Å²) in [4.78, 5) is 24.3. The van der Waals surface area contributed by atoms with E-state index in [0.717, 1.165) is 17.7 Å². The van der Waals surface area contributed by atoms with Crippen LogP contribution in [-0.4, -0.2) is 20.6 Å². The number of halogens is 3. The molecule has 0 radical (unpaired) electrons. The maximum Gasteiger partial charge on any atom is 0.277 e. The Morgan fingerprint density at radius 2 is 2.00 bits per heavy atom. The third-order valence-corrected chi connectivity index (χ3v) is 3.17. The molecule has 0 aromatic rings. The van der Waals surface area contributed by atoms with Gasteiger partial charge >= 0.3 is 0 Å². The van der Waals surface area contributed by atoms with Crippen LogP contribution in [0.4, 0.5) is 0 Å². The summed E-state index contributed by atoms with van der Waals surface area (Å²) < 4.78 is -1.98. The average Bonchev–Trinajstić information content (AvgIpc) is 2.39. The number of rotatable bonds is 0. The fraction of sp³-hybridized carbons (Fsp3) is 0.556. The molecule has 1 unspecified atom stereocenters. The zero-order chi connectivity index (χ0) is 11.2. The molecule has 1 aliphatic carbocycles. The number of amides is 2. The standard InChI is InChI=1S/C9H8Cl3NO2/c10-9(11,12)13-7(14)5-3-1-2-4-6(5)8(13)15/h3,6H,1-2,4H2. The monoisotopic (exact) mass is 267 g/mol. The van der Waals surface area contributed by atoms with E-state index in [-0.39, 0.29) is 0 Å². The summed E-state index contributed by atoms with van der Waals surface area (Å²) in [6, 6.07) is 0. The third kappa shape index (κ3) is 1.77. The molecule has 1 saturated heterocycles. The van der Waals surface area contributed by atoms with Gasteiger partial charge in [0.15, 0.2) is 0 Å². The van der Waals surface area contributed by atoms with Crippen LogP contribution in [0.15, 0.2) is 11.6 Å². The first-order chi connectivity index (χ1) is 6.93. The lowest BCUT2D eigenvalue weighted by Crippen LogP contribution is -2.40. The highest BCUT2D eigenvalue weighted by molar-refractivity contribution is 6.68. The molecule has 0 bridgehead atoms. The number of imide groups is 1. The highest BCUT2D eigenvalue weighted by Gasteiger charge is 2.51. The zero-order valence-corrected chi connectivity index (χ0v) is 9.94. The van der Waals surface area contributed by atoms with Crippen LogP contribution in [0.2, 0.25) is 0 Å². The molecule has 2 aliphatic rings. The lowest BCUT2D eigenvalue weighted by molar-refractivity contribution is -0.139. The average molecular weight is 269 g/mol. The van der Waals surface area contributed by atoms with Gasteiger partial charge in [0.1, 0.15) is 0 Å². The molecular weight excluding hydrogens is 260 g/mol. The minimum Gasteiger partial charge on any atom is -0.274 e. The zero-order valence-electron chi connectivity index (χ0n) is 7.67. The van der Waals surface area contributed by atoms with Crippen molar-refractivity contribution in [2.24, 2.45) is 5.92 Å². The molecule has 3 nitrogen and oxygen atoms in total. The smallest absolute Gasteiger partial charge is 0.274 e. The van der Waals surface area contributed by atoms with Gasteiger partial charge in [0.05, 0.1) is 5.92 Å². The van der Waals surface area contributed by atoms with Crippen LogP contribution in [0.5, 0.6) is 0 Å². The number of fused-ring (bicyclic) bond motifs is 1. The molecule has 1 aliphatic heterocycles. The summed E-state index contributed by atoms with van der Waals surface area (Å²) in [5, 5.41) is 0. The molecule has 82 valence electrons. The SMILES string of the molecule is O=C1C2=CCCCC2C(=O)N1C(Cl)(Cl)Cl. The van der Waals surface area contributed by atoms with Gasteiger partial charge in [-0.2, -0.15) is 0 Å². The quantitative estimate of drug-likeness (QED) is 0.384. The fourth-order valence-electron chi connectivity index (χ4n) is 2.00.